The summed E-state index contributed by atoms with van der Waals surface area (Å²) in [5.74, 6) is -0.524. The maximum atomic E-state index is 12.1. The highest BCUT2D eigenvalue weighted by atomic mass is 16.5. The first-order chi connectivity index (χ1) is 7.88. The third kappa shape index (κ3) is 3.43. The van der Waals surface area contributed by atoms with Crippen LogP contribution in [0.25, 0.3) is 0 Å². The highest BCUT2D eigenvalue weighted by Gasteiger charge is 2.37. The second-order valence-corrected chi connectivity index (χ2v) is 5.04. The van der Waals surface area contributed by atoms with E-state index in [0.29, 0.717) is 13.0 Å². The maximum Gasteiger partial charge on any atom is 0.325 e. The third-order valence-corrected chi connectivity index (χ3v) is 3.21. The molecule has 0 radical (unpaired) electrons. The van der Waals surface area contributed by atoms with Crippen LogP contribution in [-0.2, 0) is 14.3 Å². The summed E-state index contributed by atoms with van der Waals surface area (Å²) in [5, 5.41) is 0. The van der Waals surface area contributed by atoms with Gasteiger partial charge >= 0.3 is 5.97 Å². The minimum Gasteiger partial charge on any atom is -0.465 e. The number of carbonyl (C=O) groups is 2. The number of carbonyl (C=O) groups excluding carboxylic acids is 2. The summed E-state index contributed by atoms with van der Waals surface area (Å²) in [6, 6.07) is -0.494. The van der Waals surface area contributed by atoms with Crippen molar-refractivity contribution in [3.8, 4) is 0 Å². The zero-order valence-corrected chi connectivity index (χ0v) is 10.9. The van der Waals surface area contributed by atoms with Gasteiger partial charge in [-0.05, 0) is 40.0 Å². The van der Waals surface area contributed by atoms with Gasteiger partial charge in [0.2, 0.25) is 5.91 Å². The van der Waals surface area contributed by atoms with E-state index in [1.54, 1.807) is 11.8 Å². The summed E-state index contributed by atoms with van der Waals surface area (Å²) in [4.78, 5) is 25.2. The normalized spacial score (nSPS) is 24.4. The summed E-state index contributed by atoms with van der Waals surface area (Å²) in [6.45, 7) is 5.99. The molecule has 5 heteroatoms. The van der Waals surface area contributed by atoms with E-state index < -0.39 is 6.04 Å². The Morgan fingerprint density at radius 3 is 2.82 bits per heavy atom. The van der Waals surface area contributed by atoms with Crippen LogP contribution in [0.3, 0.4) is 0 Å². The molecule has 1 unspecified atom stereocenters. The second-order valence-electron chi connectivity index (χ2n) is 5.04. The Kier molecular flexibility index (Phi) is 4.51. The van der Waals surface area contributed by atoms with Crippen LogP contribution in [-0.4, -0.2) is 41.5 Å². The van der Waals surface area contributed by atoms with Crippen LogP contribution in [0.1, 0.15) is 40.0 Å². The van der Waals surface area contributed by atoms with Crippen molar-refractivity contribution in [3.05, 3.63) is 0 Å². The number of esters is 1. The van der Waals surface area contributed by atoms with Gasteiger partial charge in [0.25, 0.3) is 0 Å². The molecular formula is C12H22N2O3. The highest BCUT2D eigenvalue weighted by molar-refractivity contribution is 5.86. The minimum atomic E-state index is -0.494. The second kappa shape index (κ2) is 5.49. The van der Waals surface area contributed by atoms with Crippen LogP contribution in [0.2, 0.25) is 0 Å². The molecule has 1 aliphatic heterocycles. The van der Waals surface area contributed by atoms with Crippen molar-refractivity contribution in [3.63, 3.8) is 0 Å². The summed E-state index contributed by atoms with van der Waals surface area (Å²) < 4.78 is 4.89. The molecule has 0 aromatic rings. The maximum absolute atomic E-state index is 12.1. The Bertz CT molecular complexity index is 302. The lowest BCUT2D eigenvalue weighted by molar-refractivity contribution is -0.152. The Balaban J connectivity index is 2.81. The fourth-order valence-electron chi connectivity index (χ4n) is 2.14. The largest absolute Gasteiger partial charge is 0.465 e. The van der Waals surface area contributed by atoms with Gasteiger partial charge in [-0.2, -0.15) is 0 Å². The quantitative estimate of drug-likeness (QED) is 0.738. The number of hydrogen-bond donors (Lipinski definition) is 1. The van der Waals surface area contributed by atoms with E-state index in [-0.39, 0.29) is 24.0 Å². The molecule has 1 amide bonds. The van der Waals surface area contributed by atoms with E-state index in [9.17, 15) is 9.59 Å². The number of amides is 1. The summed E-state index contributed by atoms with van der Waals surface area (Å²) in [7, 11) is 0. The molecule has 1 saturated heterocycles. The third-order valence-electron chi connectivity index (χ3n) is 3.21. The highest BCUT2D eigenvalue weighted by Crippen LogP contribution is 2.26. The molecule has 0 saturated carbocycles. The van der Waals surface area contributed by atoms with E-state index in [2.05, 4.69) is 0 Å². The fourth-order valence-corrected chi connectivity index (χ4v) is 2.14. The van der Waals surface area contributed by atoms with Crippen LogP contribution < -0.4 is 5.73 Å². The van der Waals surface area contributed by atoms with Gasteiger partial charge in [0.05, 0.1) is 12.6 Å². The zero-order valence-electron chi connectivity index (χ0n) is 10.9. The van der Waals surface area contributed by atoms with Crippen LogP contribution >= 0.6 is 0 Å². The van der Waals surface area contributed by atoms with E-state index in [0.717, 1.165) is 12.8 Å². The Labute approximate surface area is 102 Å². The smallest absolute Gasteiger partial charge is 0.325 e. The number of rotatable bonds is 3. The summed E-state index contributed by atoms with van der Waals surface area (Å²) in [5.41, 5.74) is 5.46. The lowest BCUT2D eigenvalue weighted by Crippen LogP contribution is -2.53. The predicted octanol–water partition coefficient (Wildman–Crippen LogP) is 0.668. The van der Waals surface area contributed by atoms with Crippen LogP contribution in [0.5, 0.6) is 0 Å². The molecule has 1 fully saturated rings. The molecular weight excluding hydrogens is 220 g/mol. The number of nitrogens with two attached hydrogens (primary N) is 1. The van der Waals surface area contributed by atoms with Gasteiger partial charge in [0, 0.05) is 5.54 Å². The lowest BCUT2D eigenvalue weighted by Gasteiger charge is -2.37. The topological polar surface area (TPSA) is 72.6 Å². The van der Waals surface area contributed by atoms with Crippen molar-refractivity contribution in [2.24, 2.45) is 5.73 Å². The average molecular weight is 242 g/mol. The molecule has 1 heterocycles. The van der Waals surface area contributed by atoms with Gasteiger partial charge in [-0.1, -0.05) is 0 Å². The molecule has 0 aromatic carbocycles. The summed E-state index contributed by atoms with van der Waals surface area (Å²) in [6.07, 6.45) is 2.44. The minimum absolute atomic E-state index is 0.00657. The SMILES string of the molecule is CCOC(=O)CN1C(=O)C(N)CCCC1(C)C. The molecule has 2 N–H and O–H groups in total. The fraction of sp³-hybridized carbons (Fsp3) is 0.833. The number of nitrogens with zero attached hydrogens (tertiary/aromatic N) is 1. The first kappa shape index (κ1) is 14.0. The van der Waals surface area contributed by atoms with E-state index >= 15 is 0 Å². The van der Waals surface area contributed by atoms with Gasteiger partial charge in [-0.15, -0.1) is 0 Å². The van der Waals surface area contributed by atoms with Crippen LogP contribution in [0.15, 0.2) is 0 Å². The van der Waals surface area contributed by atoms with Crippen molar-refractivity contribution in [1.82, 2.24) is 4.90 Å². The Morgan fingerprint density at radius 2 is 2.24 bits per heavy atom. The van der Waals surface area contributed by atoms with Crippen molar-refractivity contribution < 1.29 is 14.3 Å². The molecule has 1 aliphatic rings. The van der Waals surface area contributed by atoms with Gasteiger partial charge in [0.15, 0.2) is 0 Å². The van der Waals surface area contributed by atoms with Gasteiger partial charge < -0.3 is 15.4 Å². The molecule has 1 rings (SSSR count). The standard InChI is InChI=1S/C12H22N2O3/c1-4-17-10(15)8-14-11(16)9(13)6-5-7-12(14,2)3/h9H,4-8,13H2,1-3H3. The van der Waals surface area contributed by atoms with Crippen molar-refractivity contribution in [1.29, 1.82) is 0 Å². The van der Waals surface area contributed by atoms with Crippen molar-refractivity contribution in [2.45, 2.75) is 51.6 Å². The molecule has 1 atom stereocenters. The molecule has 0 spiro atoms. The first-order valence-electron chi connectivity index (χ1n) is 6.11. The number of hydrogen-bond acceptors (Lipinski definition) is 4. The van der Waals surface area contributed by atoms with Crippen molar-refractivity contribution in [2.75, 3.05) is 13.2 Å². The van der Waals surface area contributed by atoms with E-state index in [1.807, 2.05) is 13.8 Å². The first-order valence-corrected chi connectivity index (χ1v) is 6.11. The van der Waals surface area contributed by atoms with Crippen LogP contribution in [0.4, 0.5) is 0 Å². The van der Waals surface area contributed by atoms with Crippen molar-refractivity contribution >= 4 is 11.9 Å². The summed E-state index contributed by atoms with van der Waals surface area (Å²) >= 11 is 0. The van der Waals surface area contributed by atoms with Gasteiger partial charge in [0.1, 0.15) is 6.54 Å². The van der Waals surface area contributed by atoms with Crippen LogP contribution in [0, 0.1) is 0 Å². The zero-order chi connectivity index (χ0) is 13.1. The van der Waals surface area contributed by atoms with Gasteiger partial charge in [-0.3, -0.25) is 9.59 Å². The number of likely N-dealkylation sites (tertiary alicyclic amines) is 1. The predicted molar refractivity (Wildman–Crippen MR) is 64.3 cm³/mol. The van der Waals surface area contributed by atoms with E-state index in [1.165, 1.54) is 0 Å². The molecule has 5 nitrogen and oxygen atoms in total. The molecule has 98 valence electrons. The average Bonchev–Trinajstić information content (AvgIpc) is 2.32. The molecule has 0 bridgehead atoms. The lowest BCUT2D eigenvalue weighted by atomic mass is 9.97. The number of ether oxygens (including phenoxy) is 1. The molecule has 0 aliphatic carbocycles. The van der Waals surface area contributed by atoms with Gasteiger partial charge in [-0.25, -0.2) is 0 Å². The van der Waals surface area contributed by atoms with E-state index in [4.69, 9.17) is 10.5 Å². The molecule has 17 heavy (non-hydrogen) atoms. The Hall–Kier alpha value is -1.10. The molecule has 0 aromatic heterocycles. The monoisotopic (exact) mass is 242 g/mol. The Morgan fingerprint density at radius 1 is 1.59 bits per heavy atom.